The van der Waals surface area contributed by atoms with E-state index >= 15 is 0 Å². The SMILES string of the molecule is CCOC(=O)N1CCN(C(=O)CN2CCc3cc(OC)c(OC)cc3C2)CC1. The summed E-state index contributed by atoms with van der Waals surface area (Å²) in [7, 11) is 3.27. The molecule has 28 heavy (non-hydrogen) atoms. The highest BCUT2D eigenvalue weighted by atomic mass is 16.6. The van der Waals surface area contributed by atoms with E-state index in [9.17, 15) is 9.59 Å². The summed E-state index contributed by atoms with van der Waals surface area (Å²) in [6.45, 7) is 6.22. The molecular weight excluding hydrogens is 362 g/mol. The second kappa shape index (κ2) is 9.14. The van der Waals surface area contributed by atoms with Crippen molar-refractivity contribution in [1.82, 2.24) is 14.7 Å². The Bertz CT molecular complexity index is 716. The van der Waals surface area contributed by atoms with Crippen LogP contribution in [-0.4, -0.2) is 86.8 Å². The topological polar surface area (TPSA) is 71.6 Å². The number of hydrogen-bond acceptors (Lipinski definition) is 6. The van der Waals surface area contributed by atoms with Gasteiger partial charge >= 0.3 is 6.09 Å². The molecule has 3 rings (SSSR count). The number of fused-ring (bicyclic) bond motifs is 1. The number of benzene rings is 1. The lowest BCUT2D eigenvalue weighted by Gasteiger charge is -2.36. The van der Waals surface area contributed by atoms with Gasteiger partial charge in [-0.15, -0.1) is 0 Å². The first-order chi connectivity index (χ1) is 13.5. The van der Waals surface area contributed by atoms with Gasteiger partial charge in [-0.25, -0.2) is 4.79 Å². The van der Waals surface area contributed by atoms with E-state index in [1.807, 2.05) is 17.0 Å². The Morgan fingerprint density at radius 1 is 0.929 bits per heavy atom. The standard InChI is InChI=1S/C20H29N3O5/c1-4-28-20(25)23-9-7-22(8-10-23)19(24)14-21-6-5-15-11-17(26-2)18(27-3)12-16(15)13-21/h11-12H,4-10,13-14H2,1-3H3. The molecule has 0 spiro atoms. The first-order valence-electron chi connectivity index (χ1n) is 9.71. The second-order valence-corrected chi connectivity index (χ2v) is 7.00. The molecule has 2 aliphatic heterocycles. The average Bonchev–Trinajstić information content (AvgIpc) is 2.72. The van der Waals surface area contributed by atoms with Crippen LogP contribution >= 0.6 is 0 Å². The number of amides is 2. The summed E-state index contributed by atoms with van der Waals surface area (Å²) < 4.78 is 15.8. The molecule has 2 aliphatic rings. The molecule has 0 aromatic heterocycles. The Morgan fingerprint density at radius 3 is 2.14 bits per heavy atom. The van der Waals surface area contributed by atoms with Gasteiger partial charge in [-0.3, -0.25) is 9.69 Å². The summed E-state index contributed by atoms with van der Waals surface area (Å²) in [6, 6.07) is 4.03. The van der Waals surface area contributed by atoms with Crippen molar-refractivity contribution in [1.29, 1.82) is 0 Å². The lowest BCUT2D eigenvalue weighted by molar-refractivity contribution is -0.134. The molecule has 0 atom stereocenters. The lowest BCUT2D eigenvalue weighted by atomic mass is 9.98. The molecule has 0 aliphatic carbocycles. The fourth-order valence-corrected chi connectivity index (χ4v) is 3.72. The monoisotopic (exact) mass is 391 g/mol. The van der Waals surface area contributed by atoms with Crippen LogP contribution in [0.4, 0.5) is 4.79 Å². The molecule has 0 N–H and O–H groups in total. The van der Waals surface area contributed by atoms with Crippen molar-refractivity contribution in [3.05, 3.63) is 23.3 Å². The minimum Gasteiger partial charge on any atom is -0.493 e. The summed E-state index contributed by atoms with van der Waals surface area (Å²) >= 11 is 0. The van der Waals surface area contributed by atoms with Crippen LogP contribution in [-0.2, 0) is 22.5 Å². The number of hydrogen-bond donors (Lipinski definition) is 0. The van der Waals surface area contributed by atoms with Crippen molar-refractivity contribution in [3.8, 4) is 11.5 Å². The quantitative estimate of drug-likeness (QED) is 0.755. The minimum absolute atomic E-state index is 0.104. The van der Waals surface area contributed by atoms with E-state index in [1.165, 1.54) is 11.1 Å². The molecule has 1 saturated heterocycles. The third-order valence-electron chi connectivity index (χ3n) is 5.31. The van der Waals surface area contributed by atoms with Gasteiger partial charge in [0.05, 0.1) is 27.4 Å². The number of rotatable bonds is 5. The van der Waals surface area contributed by atoms with Crippen LogP contribution in [0.2, 0.25) is 0 Å². The maximum atomic E-state index is 12.7. The zero-order valence-electron chi connectivity index (χ0n) is 16.9. The van der Waals surface area contributed by atoms with Crippen LogP contribution in [0.3, 0.4) is 0 Å². The molecule has 0 bridgehead atoms. The average molecular weight is 391 g/mol. The van der Waals surface area contributed by atoms with Gasteiger partial charge in [-0.05, 0) is 36.6 Å². The van der Waals surface area contributed by atoms with Crippen LogP contribution in [0.15, 0.2) is 12.1 Å². The fraction of sp³-hybridized carbons (Fsp3) is 0.600. The number of ether oxygens (including phenoxy) is 3. The summed E-state index contributed by atoms with van der Waals surface area (Å²) in [4.78, 5) is 30.1. The van der Waals surface area contributed by atoms with Crippen molar-refractivity contribution in [3.63, 3.8) is 0 Å². The van der Waals surface area contributed by atoms with E-state index in [0.29, 0.717) is 51.6 Å². The highest BCUT2D eigenvalue weighted by molar-refractivity contribution is 5.79. The van der Waals surface area contributed by atoms with E-state index in [1.54, 1.807) is 26.0 Å². The van der Waals surface area contributed by atoms with Gasteiger partial charge in [0.2, 0.25) is 5.91 Å². The molecule has 2 heterocycles. The maximum absolute atomic E-state index is 12.7. The maximum Gasteiger partial charge on any atom is 0.409 e. The van der Waals surface area contributed by atoms with Crippen LogP contribution in [0, 0.1) is 0 Å². The normalized spacial score (nSPS) is 17.1. The van der Waals surface area contributed by atoms with Gasteiger partial charge in [0.1, 0.15) is 0 Å². The molecule has 0 unspecified atom stereocenters. The fourth-order valence-electron chi connectivity index (χ4n) is 3.72. The number of piperazine rings is 1. The van der Waals surface area contributed by atoms with E-state index in [-0.39, 0.29) is 12.0 Å². The molecule has 154 valence electrons. The van der Waals surface area contributed by atoms with Gasteiger partial charge < -0.3 is 24.0 Å². The number of carbonyl (C=O) groups is 2. The largest absolute Gasteiger partial charge is 0.493 e. The smallest absolute Gasteiger partial charge is 0.409 e. The van der Waals surface area contributed by atoms with Crippen molar-refractivity contribution < 1.29 is 23.8 Å². The zero-order valence-corrected chi connectivity index (χ0v) is 16.9. The number of methoxy groups -OCH3 is 2. The van der Waals surface area contributed by atoms with Crippen LogP contribution in [0.5, 0.6) is 11.5 Å². The van der Waals surface area contributed by atoms with Crippen LogP contribution < -0.4 is 9.47 Å². The molecule has 8 nitrogen and oxygen atoms in total. The molecule has 0 radical (unpaired) electrons. The Hall–Kier alpha value is -2.48. The Kier molecular flexibility index (Phi) is 6.61. The molecule has 1 fully saturated rings. The Labute approximate surface area is 165 Å². The van der Waals surface area contributed by atoms with Gasteiger partial charge in [0, 0.05) is 39.3 Å². The zero-order chi connectivity index (χ0) is 20.1. The van der Waals surface area contributed by atoms with Gasteiger partial charge in [-0.1, -0.05) is 0 Å². The minimum atomic E-state index is -0.299. The van der Waals surface area contributed by atoms with Crippen molar-refractivity contribution in [2.45, 2.75) is 19.9 Å². The van der Waals surface area contributed by atoms with Crippen molar-refractivity contribution in [2.24, 2.45) is 0 Å². The van der Waals surface area contributed by atoms with Crippen LogP contribution in [0.25, 0.3) is 0 Å². The third-order valence-corrected chi connectivity index (χ3v) is 5.31. The molecular formula is C20H29N3O5. The predicted octanol–water partition coefficient (Wildman–Crippen LogP) is 1.36. The van der Waals surface area contributed by atoms with E-state index < -0.39 is 0 Å². The van der Waals surface area contributed by atoms with Crippen molar-refractivity contribution in [2.75, 3.05) is 60.1 Å². The first kappa shape index (κ1) is 20.3. The molecule has 2 amide bonds. The molecule has 1 aromatic rings. The van der Waals surface area contributed by atoms with Gasteiger partial charge in [0.15, 0.2) is 11.5 Å². The molecule has 0 saturated carbocycles. The molecule has 8 heteroatoms. The third kappa shape index (κ3) is 4.49. The predicted molar refractivity (Wildman–Crippen MR) is 104 cm³/mol. The first-order valence-corrected chi connectivity index (χ1v) is 9.71. The number of carbonyl (C=O) groups excluding carboxylic acids is 2. The summed E-state index contributed by atoms with van der Waals surface area (Å²) in [6.07, 6.45) is 0.575. The lowest BCUT2D eigenvalue weighted by Crippen LogP contribution is -2.53. The van der Waals surface area contributed by atoms with Gasteiger partial charge in [-0.2, -0.15) is 0 Å². The van der Waals surface area contributed by atoms with Gasteiger partial charge in [0.25, 0.3) is 0 Å². The van der Waals surface area contributed by atoms with E-state index in [0.717, 1.165) is 18.7 Å². The van der Waals surface area contributed by atoms with E-state index in [4.69, 9.17) is 14.2 Å². The van der Waals surface area contributed by atoms with Crippen LogP contribution in [0.1, 0.15) is 18.1 Å². The summed E-state index contributed by atoms with van der Waals surface area (Å²) in [5, 5.41) is 0. The highest BCUT2D eigenvalue weighted by Gasteiger charge is 2.27. The van der Waals surface area contributed by atoms with Crippen molar-refractivity contribution >= 4 is 12.0 Å². The summed E-state index contributed by atoms with van der Waals surface area (Å²) in [5.41, 5.74) is 2.41. The number of nitrogens with zero attached hydrogens (tertiary/aromatic N) is 3. The summed E-state index contributed by atoms with van der Waals surface area (Å²) in [5.74, 6) is 1.56. The van der Waals surface area contributed by atoms with E-state index in [2.05, 4.69) is 4.90 Å². The second-order valence-electron chi connectivity index (χ2n) is 7.00. The molecule has 1 aromatic carbocycles. The highest BCUT2D eigenvalue weighted by Crippen LogP contribution is 2.33. The Balaban J connectivity index is 1.54. The Morgan fingerprint density at radius 2 is 1.54 bits per heavy atom.